The highest BCUT2D eigenvalue weighted by atomic mass is 35.5. The zero-order chi connectivity index (χ0) is 18.1. The number of hydrogen-bond donors (Lipinski definition) is 1. The van der Waals surface area contributed by atoms with Crippen LogP contribution in [0.4, 0.5) is 10.5 Å². The molecule has 0 heterocycles. The van der Waals surface area contributed by atoms with Crippen LogP contribution in [0.25, 0.3) is 0 Å². The Labute approximate surface area is 163 Å². The van der Waals surface area contributed by atoms with Crippen molar-refractivity contribution in [3.8, 4) is 0 Å². The summed E-state index contributed by atoms with van der Waals surface area (Å²) in [6.45, 7) is 0. The summed E-state index contributed by atoms with van der Waals surface area (Å²) < 4.78 is 5.76. The standard InChI is InChI=1S/C21H21Cl2NO2/c22-16-8-9-19(18(23)12-16)24-21(25)26-20-7-3-6-15-10-13-4-1-2-5-14(13)11-17(15)20/h8-12,20H,1-7H2,(H,24,25). The fraction of sp³-hybridized carbons (Fsp3) is 0.381. The van der Waals surface area contributed by atoms with Gasteiger partial charge in [0.05, 0.1) is 10.7 Å². The monoisotopic (exact) mass is 389 g/mol. The Morgan fingerprint density at radius 3 is 2.46 bits per heavy atom. The molecule has 0 fully saturated rings. The van der Waals surface area contributed by atoms with Crippen LogP contribution >= 0.6 is 23.2 Å². The first-order chi connectivity index (χ1) is 12.6. The molecule has 1 N–H and O–H groups in total. The Kier molecular flexibility index (Phi) is 5.10. The molecule has 0 saturated heterocycles. The number of ether oxygens (including phenoxy) is 1. The number of carbonyl (C=O) groups is 1. The van der Waals surface area contributed by atoms with Crippen molar-refractivity contribution in [1.29, 1.82) is 0 Å². The van der Waals surface area contributed by atoms with Gasteiger partial charge in [0.2, 0.25) is 0 Å². The largest absolute Gasteiger partial charge is 0.441 e. The predicted octanol–water partition coefficient (Wildman–Crippen LogP) is 6.50. The Morgan fingerprint density at radius 1 is 0.962 bits per heavy atom. The summed E-state index contributed by atoms with van der Waals surface area (Å²) in [6, 6.07) is 9.58. The van der Waals surface area contributed by atoms with Crippen molar-refractivity contribution in [3.05, 3.63) is 62.6 Å². The maximum absolute atomic E-state index is 12.4. The van der Waals surface area contributed by atoms with Gasteiger partial charge in [0.1, 0.15) is 6.10 Å². The molecule has 2 aromatic carbocycles. The SMILES string of the molecule is O=C(Nc1ccc(Cl)cc1Cl)OC1CCCc2cc3c(cc21)CCCC3. The van der Waals surface area contributed by atoms with Crippen LogP contribution in [-0.4, -0.2) is 6.09 Å². The number of hydrogen-bond acceptors (Lipinski definition) is 2. The first kappa shape index (κ1) is 17.7. The molecule has 0 aliphatic heterocycles. The first-order valence-electron chi connectivity index (χ1n) is 9.17. The van der Waals surface area contributed by atoms with Crippen molar-refractivity contribution >= 4 is 35.0 Å². The van der Waals surface area contributed by atoms with Crippen molar-refractivity contribution in [2.45, 2.75) is 51.0 Å². The van der Waals surface area contributed by atoms with Crippen LogP contribution in [0.1, 0.15) is 54.0 Å². The molecule has 5 heteroatoms. The van der Waals surface area contributed by atoms with Crippen LogP contribution in [0, 0.1) is 0 Å². The van der Waals surface area contributed by atoms with E-state index in [1.165, 1.54) is 41.5 Å². The molecule has 136 valence electrons. The smallest absolute Gasteiger partial charge is 0.412 e. The summed E-state index contributed by atoms with van der Waals surface area (Å²) in [4.78, 5) is 12.4. The highest BCUT2D eigenvalue weighted by Crippen LogP contribution is 2.36. The summed E-state index contributed by atoms with van der Waals surface area (Å²) >= 11 is 12.0. The van der Waals surface area contributed by atoms with Gasteiger partial charge >= 0.3 is 6.09 Å². The average Bonchev–Trinajstić information content (AvgIpc) is 2.63. The van der Waals surface area contributed by atoms with E-state index in [1.807, 2.05) is 0 Å². The van der Waals surface area contributed by atoms with Crippen LogP contribution in [0.15, 0.2) is 30.3 Å². The minimum absolute atomic E-state index is 0.197. The van der Waals surface area contributed by atoms with E-state index >= 15 is 0 Å². The normalized spacial score (nSPS) is 18.6. The van der Waals surface area contributed by atoms with Crippen LogP contribution in [0.5, 0.6) is 0 Å². The lowest BCUT2D eigenvalue weighted by atomic mass is 9.82. The summed E-state index contributed by atoms with van der Waals surface area (Å²) in [5.41, 5.74) is 5.91. The van der Waals surface area contributed by atoms with Gasteiger partial charge in [-0.3, -0.25) is 5.32 Å². The molecule has 0 aromatic heterocycles. The van der Waals surface area contributed by atoms with E-state index in [2.05, 4.69) is 17.4 Å². The van der Waals surface area contributed by atoms with Crippen molar-refractivity contribution in [2.24, 2.45) is 0 Å². The maximum atomic E-state index is 12.4. The minimum atomic E-state index is -0.482. The van der Waals surface area contributed by atoms with Crippen LogP contribution in [-0.2, 0) is 24.0 Å². The molecule has 2 aliphatic rings. The number of fused-ring (bicyclic) bond motifs is 2. The second-order valence-corrected chi connectivity index (χ2v) is 7.91. The molecule has 0 bridgehead atoms. The summed E-state index contributed by atoms with van der Waals surface area (Å²) in [5.74, 6) is 0. The molecule has 0 saturated carbocycles. The molecule has 1 amide bonds. The Morgan fingerprint density at radius 2 is 1.69 bits per heavy atom. The lowest BCUT2D eigenvalue weighted by Gasteiger charge is -2.28. The van der Waals surface area contributed by atoms with Gasteiger partial charge in [0, 0.05) is 5.02 Å². The molecule has 0 radical (unpaired) electrons. The molecule has 2 aromatic rings. The van der Waals surface area contributed by atoms with Gasteiger partial charge in [0.25, 0.3) is 0 Å². The number of benzene rings is 2. The minimum Gasteiger partial charge on any atom is -0.441 e. The van der Waals surface area contributed by atoms with E-state index in [4.69, 9.17) is 27.9 Å². The Bertz CT molecular complexity index is 850. The van der Waals surface area contributed by atoms with Crippen molar-refractivity contribution in [3.63, 3.8) is 0 Å². The number of amides is 1. The molecule has 4 rings (SSSR count). The van der Waals surface area contributed by atoms with Gasteiger partial charge in [0.15, 0.2) is 0 Å². The topological polar surface area (TPSA) is 38.3 Å². The van der Waals surface area contributed by atoms with Gasteiger partial charge in [-0.15, -0.1) is 0 Å². The molecular weight excluding hydrogens is 369 g/mol. The molecule has 1 unspecified atom stereocenters. The zero-order valence-corrected chi connectivity index (χ0v) is 16.0. The van der Waals surface area contributed by atoms with E-state index in [-0.39, 0.29) is 6.10 Å². The lowest BCUT2D eigenvalue weighted by molar-refractivity contribution is 0.0998. The Balaban J connectivity index is 1.51. The lowest BCUT2D eigenvalue weighted by Crippen LogP contribution is -2.21. The van der Waals surface area contributed by atoms with E-state index < -0.39 is 6.09 Å². The van der Waals surface area contributed by atoms with Crippen LogP contribution in [0.2, 0.25) is 10.0 Å². The van der Waals surface area contributed by atoms with Crippen molar-refractivity contribution < 1.29 is 9.53 Å². The second kappa shape index (κ2) is 7.50. The van der Waals surface area contributed by atoms with Gasteiger partial charge in [-0.25, -0.2) is 4.79 Å². The summed E-state index contributed by atoms with van der Waals surface area (Å²) in [7, 11) is 0. The van der Waals surface area contributed by atoms with Crippen molar-refractivity contribution in [1.82, 2.24) is 0 Å². The third kappa shape index (κ3) is 3.70. The highest BCUT2D eigenvalue weighted by Gasteiger charge is 2.26. The van der Waals surface area contributed by atoms with Crippen molar-refractivity contribution in [2.75, 3.05) is 5.32 Å². The van der Waals surface area contributed by atoms with Crippen LogP contribution in [0.3, 0.4) is 0 Å². The van der Waals surface area contributed by atoms with Gasteiger partial charge < -0.3 is 4.74 Å². The van der Waals surface area contributed by atoms with Crippen LogP contribution < -0.4 is 5.32 Å². The predicted molar refractivity (Wildman–Crippen MR) is 105 cm³/mol. The number of halogens is 2. The molecule has 26 heavy (non-hydrogen) atoms. The third-order valence-electron chi connectivity index (χ3n) is 5.28. The number of rotatable bonds is 2. The first-order valence-corrected chi connectivity index (χ1v) is 9.93. The number of nitrogens with one attached hydrogen (secondary N) is 1. The summed E-state index contributed by atoms with van der Waals surface area (Å²) in [6.07, 6.45) is 7.09. The second-order valence-electron chi connectivity index (χ2n) is 7.06. The van der Waals surface area contributed by atoms with E-state index in [9.17, 15) is 4.79 Å². The highest BCUT2D eigenvalue weighted by molar-refractivity contribution is 6.36. The van der Waals surface area contributed by atoms with Gasteiger partial charge in [-0.2, -0.15) is 0 Å². The zero-order valence-electron chi connectivity index (χ0n) is 14.5. The van der Waals surface area contributed by atoms with E-state index in [1.54, 1.807) is 18.2 Å². The fourth-order valence-electron chi connectivity index (χ4n) is 3.99. The molecule has 1 atom stereocenters. The number of carbonyl (C=O) groups excluding carboxylic acids is 1. The van der Waals surface area contributed by atoms with E-state index in [0.29, 0.717) is 15.7 Å². The summed E-state index contributed by atoms with van der Waals surface area (Å²) in [5, 5.41) is 3.65. The fourth-order valence-corrected chi connectivity index (χ4v) is 4.44. The third-order valence-corrected chi connectivity index (χ3v) is 5.83. The Hall–Kier alpha value is -1.71. The van der Waals surface area contributed by atoms with Gasteiger partial charge in [-0.05, 0) is 85.4 Å². The van der Waals surface area contributed by atoms with Gasteiger partial charge in [-0.1, -0.05) is 35.3 Å². The maximum Gasteiger partial charge on any atom is 0.412 e. The number of anilines is 1. The molecule has 0 spiro atoms. The van der Waals surface area contributed by atoms with E-state index in [0.717, 1.165) is 25.7 Å². The molecule has 3 nitrogen and oxygen atoms in total. The molecular formula is C21H21Cl2NO2. The quantitative estimate of drug-likeness (QED) is 0.636. The number of aryl methyl sites for hydroxylation is 3. The average molecular weight is 390 g/mol. The molecule has 2 aliphatic carbocycles.